The Labute approximate surface area is 110 Å². The standard InChI is InChI=1S/C13H16N2O2S/c1-2-3-8-17-12(16)10-15-7-6-14-13(15)11-5-4-9-18-11/h4-7,9H,2-3,8,10H2,1H3. The fraction of sp³-hybridized carbons (Fsp3) is 0.385. The highest BCUT2D eigenvalue weighted by atomic mass is 32.1. The molecule has 0 amide bonds. The predicted octanol–water partition coefficient (Wildman–Crippen LogP) is 2.95. The van der Waals surface area contributed by atoms with Crippen molar-refractivity contribution in [3.63, 3.8) is 0 Å². The Balaban J connectivity index is 1.98. The molecule has 0 radical (unpaired) electrons. The van der Waals surface area contributed by atoms with Crippen LogP contribution < -0.4 is 0 Å². The predicted molar refractivity (Wildman–Crippen MR) is 71.4 cm³/mol. The van der Waals surface area contributed by atoms with Gasteiger partial charge in [-0.3, -0.25) is 4.79 Å². The van der Waals surface area contributed by atoms with Crippen molar-refractivity contribution in [1.82, 2.24) is 9.55 Å². The molecule has 2 aromatic rings. The Morgan fingerprint density at radius 1 is 1.56 bits per heavy atom. The molecule has 0 saturated carbocycles. The molecule has 0 aromatic carbocycles. The number of hydrogen-bond donors (Lipinski definition) is 0. The summed E-state index contributed by atoms with van der Waals surface area (Å²) in [6.07, 6.45) is 5.44. The molecule has 0 aliphatic heterocycles. The first-order valence-electron chi connectivity index (χ1n) is 6.02. The zero-order valence-corrected chi connectivity index (χ0v) is 11.2. The molecule has 2 rings (SSSR count). The second-order valence-electron chi connectivity index (χ2n) is 3.93. The second kappa shape index (κ2) is 6.35. The number of imidazole rings is 1. The van der Waals surface area contributed by atoms with E-state index in [1.54, 1.807) is 23.7 Å². The van der Waals surface area contributed by atoms with Gasteiger partial charge < -0.3 is 9.30 Å². The van der Waals surface area contributed by atoms with Gasteiger partial charge in [0.2, 0.25) is 0 Å². The topological polar surface area (TPSA) is 44.1 Å². The maximum absolute atomic E-state index is 11.6. The molecule has 96 valence electrons. The van der Waals surface area contributed by atoms with Crippen LogP contribution in [0.1, 0.15) is 19.8 Å². The number of unbranched alkanes of at least 4 members (excludes halogenated alkanes) is 1. The summed E-state index contributed by atoms with van der Waals surface area (Å²) in [4.78, 5) is 17.0. The largest absolute Gasteiger partial charge is 0.464 e. The van der Waals surface area contributed by atoms with Gasteiger partial charge in [-0.2, -0.15) is 0 Å². The van der Waals surface area contributed by atoms with Crippen molar-refractivity contribution >= 4 is 17.3 Å². The number of carbonyl (C=O) groups excluding carboxylic acids is 1. The Kier molecular flexibility index (Phi) is 4.52. The molecule has 0 spiro atoms. The molecular formula is C13H16N2O2S. The molecule has 0 aliphatic rings. The maximum Gasteiger partial charge on any atom is 0.326 e. The van der Waals surface area contributed by atoms with Gasteiger partial charge in [0.25, 0.3) is 0 Å². The number of rotatable bonds is 6. The molecule has 0 atom stereocenters. The number of esters is 1. The van der Waals surface area contributed by atoms with E-state index in [1.165, 1.54) is 0 Å². The molecular weight excluding hydrogens is 248 g/mol. The SMILES string of the molecule is CCCCOC(=O)Cn1ccnc1-c1cccs1. The van der Waals surface area contributed by atoms with E-state index in [0.717, 1.165) is 23.5 Å². The van der Waals surface area contributed by atoms with Crippen LogP contribution in [0.2, 0.25) is 0 Å². The highest BCUT2D eigenvalue weighted by Gasteiger charge is 2.10. The van der Waals surface area contributed by atoms with E-state index in [2.05, 4.69) is 11.9 Å². The van der Waals surface area contributed by atoms with Crippen LogP contribution in [-0.2, 0) is 16.1 Å². The average molecular weight is 264 g/mol. The molecule has 18 heavy (non-hydrogen) atoms. The highest BCUT2D eigenvalue weighted by Crippen LogP contribution is 2.22. The van der Waals surface area contributed by atoms with Crippen molar-refractivity contribution < 1.29 is 9.53 Å². The molecule has 2 aromatic heterocycles. The quantitative estimate of drug-likeness (QED) is 0.595. The number of ether oxygens (including phenoxy) is 1. The third-order valence-electron chi connectivity index (χ3n) is 2.52. The number of aromatic nitrogens is 2. The minimum atomic E-state index is -0.209. The van der Waals surface area contributed by atoms with E-state index in [0.29, 0.717) is 6.61 Å². The molecule has 0 unspecified atom stereocenters. The van der Waals surface area contributed by atoms with Gasteiger partial charge >= 0.3 is 5.97 Å². The second-order valence-corrected chi connectivity index (χ2v) is 4.88. The summed E-state index contributed by atoms with van der Waals surface area (Å²) in [6.45, 7) is 2.79. The van der Waals surface area contributed by atoms with E-state index in [4.69, 9.17) is 4.74 Å². The lowest BCUT2D eigenvalue weighted by atomic mass is 10.4. The molecule has 0 fully saturated rings. The molecule has 4 nitrogen and oxygen atoms in total. The van der Waals surface area contributed by atoms with Gasteiger partial charge in [0.05, 0.1) is 11.5 Å². The zero-order valence-electron chi connectivity index (χ0n) is 10.3. The van der Waals surface area contributed by atoms with Crippen LogP contribution in [0.4, 0.5) is 0 Å². The minimum absolute atomic E-state index is 0.209. The third-order valence-corrected chi connectivity index (χ3v) is 3.38. The van der Waals surface area contributed by atoms with E-state index >= 15 is 0 Å². The fourth-order valence-electron chi connectivity index (χ4n) is 1.58. The number of hydrogen-bond acceptors (Lipinski definition) is 4. The van der Waals surface area contributed by atoms with Gasteiger partial charge in [0.1, 0.15) is 6.54 Å². The van der Waals surface area contributed by atoms with E-state index in [1.807, 2.05) is 22.1 Å². The zero-order chi connectivity index (χ0) is 12.8. The van der Waals surface area contributed by atoms with Crippen LogP contribution in [0.25, 0.3) is 10.7 Å². The summed E-state index contributed by atoms with van der Waals surface area (Å²) in [5, 5.41) is 1.99. The first-order chi connectivity index (χ1) is 8.81. The average Bonchev–Trinajstić information content (AvgIpc) is 2.99. The van der Waals surface area contributed by atoms with Gasteiger partial charge in [-0.25, -0.2) is 4.98 Å². The lowest BCUT2D eigenvalue weighted by molar-refractivity contribution is -0.144. The summed E-state index contributed by atoms with van der Waals surface area (Å²) < 4.78 is 6.96. The Hall–Kier alpha value is -1.62. The van der Waals surface area contributed by atoms with Gasteiger partial charge in [-0.1, -0.05) is 19.4 Å². The van der Waals surface area contributed by atoms with Crippen molar-refractivity contribution in [2.45, 2.75) is 26.3 Å². The molecule has 0 aliphatic carbocycles. The first-order valence-corrected chi connectivity index (χ1v) is 6.90. The van der Waals surface area contributed by atoms with Gasteiger partial charge in [-0.15, -0.1) is 11.3 Å². The number of thiophene rings is 1. The van der Waals surface area contributed by atoms with Crippen molar-refractivity contribution in [3.05, 3.63) is 29.9 Å². The van der Waals surface area contributed by atoms with E-state index in [9.17, 15) is 4.79 Å². The van der Waals surface area contributed by atoms with Crippen LogP contribution in [0.5, 0.6) is 0 Å². The molecule has 2 heterocycles. The van der Waals surface area contributed by atoms with Crippen molar-refractivity contribution in [1.29, 1.82) is 0 Å². The Morgan fingerprint density at radius 3 is 3.17 bits per heavy atom. The Bertz CT molecular complexity index is 491. The smallest absolute Gasteiger partial charge is 0.326 e. The lowest BCUT2D eigenvalue weighted by Gasteiger charge is -2.07. The summed E-state index contributed by atoms with van der Waals surface area (Å²) in [6, 6.07) is 3.96. The summed E-state index contributed by atoms with van der Waals surface area (Å²) in [5.74, 6) is 0.608. The molecule has 5 heteroatoms. The van der Waals surface area contributed by atoms with E-state index < -0.39 is 0 Å². The maximum atomic E-state index is 11.6. The highest BCUT2D eigenvalue weighted by molar-refractivity contribution is 7.13. The number of carbonyl (C=O) groups is 1. The van der Waals surface area contributed by atoms with Crippen LogP contribution >= 0.6 is 11.3 Å². The summed E-state index contributed by atoms with van der Waals surface area (Å²) in [5.41, 5.74) is 0. The molecule has 0 saturated heterocycles. The fourth-order valence-corrected chi connectivity index (χ4v) is 2.32. The van der Waals surface area contributed by atoms with Crippen molar-refractivity contribution in [2.75, 3.05) is 6.61 Å². The summed E-state index contributed by atoms with van der Waals surface area (Å²) in [7, 11) is 0. The van der Waals surface area contributed by atoms with Crippen LogP contribution in [0.3, 0.4) is 0 Å². The van der Waals surface area contributed by atoms with Crippen LogP contribution in [0.15, 0.2) is 29.9 Å². The first kappa shape index (κ1) is 12.8. The molecule has 0 bridgehead atoms. The van der Waals surface area contributed by atoms with Crippen LogP contribution in [0, 0.1) is 0 Å². The normalized spacial score (nSPS) is 10.5. The Morgan fingerprint density at radius 2 is 2.44 bits per heavy atom. The van der Waals surface area contributed by atoms with Crippen LogP contribution in [-0.4, -0.2) is 22.1 Å². The van der Waals surface area contributed by atoms with Gasteiger partial charge in [-0.05, 0) is 17.9 Å². The third kappa shape index (κ3) is 3.20. The van der Waals surface area contributed by atoms with Gasteiger partial charge in [0.15, 0.2) is 5.82 Å². The summed E-state index contributed by atoms with van der Waals surface area (Å²) >= 11 is 1.61. The van der Waals surface area contributed by atoms with Gasteiger partial charge in [0, 0.05) is 12.4 Å². The lowest BCUT2D eigenvalue weighted by Crippen LogP contribution is -2.14. The van der Waals surface area contributed by atoms with Crippen molar-refractivity contribution in [2.24, 2.45) is 0 Å². The van der Waals surface area contributed by atoms with Crippen molar-refractivity contribution in [3.8, 4) is 10.7 Å². The number of nitrogens with zero attached hydrogens (tertiary/aromatic N) is 2. The van der Waals surface area contributed by atoms with E-state index in [-0.39, 0.29) is 12.5 Å². The monoisotopic (exact) mass is 264 g/mol. The molecule has 0 N–H and O–H groups in total. The minimum Gasteiger partial charge on any atom is -0.464 e.